The topological polar surface area (TPSA) is 46.5 Å². The van der Waals surface area contributed by atoms with Crippen LogP contribution in [0.15, 0.2) is 12.1 Å². The van der Waals surface area contributed by atoms with E-state index in [-0.39, 0.29) is 12.2 Å². The van der Waals surface area contributed by atoms with Crippen molar-refractivity contribution in [2.75, 3.05) is 7.11 Å². The Labute approximate surface area is 91.7 Å². The van der Waals surface area contributed by atoms with Crippen molar-refractivity contribution in [1.82, 2.24) is 0 Å². The van der Waals surface area contributed by atoms with Gasteiger partial charge in [-0.1, -0.05) is 6.07 Å². The molecule has 5 heteroatoms. The van der Waals surface area contributed by atoms with Gasteiger partial charge in [-0.05, 0) is 24.5 Å². The standard InChI is InChI=1S/C11H12F2O3/c1-16-11-7(3-2-4-9(14)15)5-6-8(12)10(11)13/h5-6H,2-4H2,1H3,(H,14,15). The van der Waals surface area contributed by atoms with Gasteiger partial charge >= 0.3 is 5.97 Å². The first-order valence-electron chi connectivity index (χ1n) is 4.79. The minimum atomic E-state index is -1.03. The lowest BCUT2D eigenvalue weighted by atomic mass is 10.1. The molecule has 0 fully saturated rings. The highest BCUT2D eigenvalue weighted by molar-refractivity contribution is 5.66. The number of rotatable bonds is 5. The van der Waals surface area contributed by atoms with E-state index in [2.05, 4.69) is 0 Å². The summed E-state index contributed by atoms with van der Waals surface area (Å²) in [6.07, 6.45) is 0.686. The predicted octanol–water partition coefficient (Wildman–Crippen LogP) is 2.38. The van der Waals surface area contributed by atoms with Gasteiger partial charge in [-0.25, -0.2) is 4.39 Å². The molecule has 0 atom stereocenters. The molecule has 0 saturated heterocycles. The first kappa shape index (κ1) is 12.4. The summed E-state index contributed by atoms with van der Waals surface area (Å²) in [5.41, 5.74) is 0.475. The molecule has 3 nitrogen and oxygen atoms in total. The van der Waals surface area contributed by atoms with Gasteiger partial charge in [0.15, 0.2) is 11.6 Å². The molecular formula is C11H12F2O3. The van der Waals surface area contributed by atoms with Gasteiger partial charge < -0.3 is 9.84 Å². The molecule has 0 spiro atoms. The van der Waals surface area contributed by atoms with Crippen molar-refractivity contribution >= 4 is 5.97 Å². The van der Waals surface area contributed by atoms with Crippen LogP contribution in [0, 0.1) is 11.6 Å². The molecule has 0 unspecified atom stereocenters. The lowest BCUT2D eigenvalue weighted by Crippen LogP contribution is -2.00. The molecule has 0 heterocycles. The smallest absolute Gasteiger partial charge is 0.303 e. The number of benzene rings is 1. The van der Waals surface area contributed by atoms with Crippen molar-refractivity contribution in [1.29, 1.82) is 0 Å². The van der Waals surface area contributed by atoms with Crippen LogP contribution in [0.2, 0.25) is 0 Å². The Morgan fingerprint density at radius 1 is 1.44 bits per heavy atom. The zero-order valence-electron chi connectivity index (χ0n) is 8.80. The summed E-state index contributed by atoms with van der Waals surface area (Å²) in [6, 6.07) is 2.41. The van der Waals surface area contributed by atoms with Crippen LogP contribution >= 0.6 is 0 Å². The van der Waals surface area contributed by atoms with E-state index < -0.39 is 17.6 Å². The number of ether oxygens (including phenoxy) is 1. The monoisotopic (exact) mass is 230 g/mol. The van der Waals surface area contributed by atoms with Crippen LogP contribution in [0.4, 0.5) is 8.78 Å². The summed E-state index contributed by atoms with van der Waals surface area (Å²) >= 11 is 0. The van der Waals surface area contributed by atoms with Crippen LogP contribution in [-0.2, 0) is 11.2 Å². The van der Waals surface area contributed by atoms with Gasteiger partial charge in [-0.3, -0.25) is 4.79 Å². The Hall–Kier alpha value is -1.65. The summed E-state index contributed by atoms with van der Waals surface area (Å²) in [6.45, 7) is 0. The summed E-state index contributed by atoms with van der Waals surface area (Å²) in [5, 5.41) is 8.45. The molecule has 16 heavy (non-hydrogen) atoms. The third-order valence-corrected chi connectivity index (χ3v) is 2.17. The van der Waals surface area contributed by atoms with Crippen molar-refractivity contribution in [3.05, 3.63) is 29.3 Å². The minimum Gasteiger partial charge on any atom is -0.493 e. The first-order valence-corrected chi connectivity index (χ1v) is 4.79. The average molecular weight is 230 g/mol. The number of carboxylic acid groups (broad SMARTS) is 1. The SMILES string of the molecule is COc1c(CCCC(=O)O)ccc(F)c1F. The molecule has 1 N–H and O–H groups in total. The minimum absolute atomic E-state index is 0.0118. The van der Waals surface area contributed by atoms with Crippen LogP contribution < -0.4 is 4.74 Å². The van der Waals surface area contributed by atoms with E-state index in [1.165, 1.54) is 13.2 Å². The first-order chi connectivity index (χ1) is 7.56. The highest BCUT2D eigenvalue weighted by Gasteiger charge is 2.13. The fraction of sp³-hybridized carbons (Fsp3) is 0.364. The molecule has 0 saturated carbocycles. The lowest BCUT2D eigenvalue weighted by Gasteiger charge is -2.09. The van der Waals surface area contributed by atoms with Gasteiger partial charge in [-0.15, -0.1) is 0 Å². The van der Waals surface area contributed by atoms with Crippen molar-refractivity contribution in [3.8, 4) is 5.75 Å². The molecule has 0 radical (unpaired) electrons. The summed E-state index contributed by atoms with van der Waals surface area (Å²) in [7, 11) is 1.25. The third-order valence-electron chi connectivity index (χ3n) is 2.17. The van der Waals surface area contributed by atoms with Crippen LogP contribution in [0.25, 0.3) is 0 Å². The maximum Gasteiger partial charge on any atom is 0.303 e. The molecule has 0 aliphatic carbocycles. The number of hydrogen-bond acceptors (Lipinski definition) is 2. The number of aryl methyl sites for hydroxylation is 1. The van der Waals surface area contributed by atoms with E-state index in [0.717, 1.165) is 6.07 Å². The Bertz CT molecular complexity index is 391. The normalized spacial score (nSPS) is 10.2. The molecule has 88 valence electrons. The van der Waals surface area contributed by atoms with Crippen molar-refractivity contribution in [2.45, 2.75) is 19.3 Å². The highest BCUT2D eigenvalue weighted by atomic mass is 19.2. The van der Waals surface area contributed by atoms with Crippen molar-refractivity contribution < 1.29 is 23.4 Å². The zero-order valence-corrected chi connectivity index (χ0v) is 8.80. The Balaban J connectivity index is 2.79. The van der Waals surface area contributed by atoms with Gasteiger partial charge in [0, 0.05) is 6.42 Å². The number of carboxylic acids is 1. The Morgan fingerprint density at radius 3 is 2.69 bits per heavy atom. The summed E-state index contributed by atoms with van der Waals surface area (Å²) < 4.78 is 30.8. The van der Waals surface area contributed by atoms with E-state index in [9.17, 15) is 13.6 Å². The van der Waals surface area contributed by atoms with E-state index in [1.54, 1.807) is 0 Å². The van der Waals surface area contributed by atoms with E-state index in [0.29, 0.717) is 18.4 Å². The van der Waals surface area contributed by atoms with Gasteiger partial charge in [0.05, 0.1) is 7.11 Å². The molecule has 0 aliphatic rings. The molecule has 1 aromatic rings. The molecule has 1 rings (SSSR count). The second-order valence-corrected chi connectivity index (χ2v) is 3.30. The molecule has 1 aromatic carbocycles. The van der Waals surface area contributed by atoms with Crippen molar-refractivity contribution in [2.24, 2.45) is 0 Å². The number of halogens is 2. The number of hydrogen-bond donors (Lipinski definition) is 1. The molecule has 0 amide bonds. The van der Waals surface area contributed by atoms with Gasteiger partial charge in [0.1, 0.15) is 0 Å². The molecular weight excluding hydrogens is 218 g/mol. The molecule has 0 aromatic heterocycles. The maximum atomic E-state index is 13.2. The average Bonchev–Trinajstić information content (AvgIpc) is 2.23. The Morgan fingerprint density at radius 2 is 2.12 bits per heavy atom. The number of carbonyl (C=O) groups is 1. The Kier molecular flexibility index (Phi) is 4.22. The van der Waals surface area contributed by atoms with Crippen LogP contribution in [-0.4, -0.2) is 18.2 Å². The van der Waals surface area contributed by atoms with E-state index >= 15 is 0 Å². The largest absolute Gasteiger partial charge is 0.493 e. The molecule has 0 bridgehead atoms. The lowest BCUT2D eigenvalue weighted by molar-refractivity contribution is -0.137. The summed E-state index contributed by atoms with van der Waals surface area (Å²) in [4.78, 5) is 10.3. The molecule has 0 aliphatic heterocycles. The third kappa shape index (κ3) is 2.92. The second kappa shape index (κ2) is 5.44. The van der Waals surface area contributed by atoms with E-state index in [1.807, 2.05) is 0 Å². The van der Waals surface area contributed by atoms with Crippen molar-refractivity contribution in [3.63, 3.8) is 0 Å². The van der Waals surface area contributed by atoms with E-state index in [4.69, 9.17) is 9.84 Å². The fourth-order valence-electron chi connectivity index (χ4n) is 1.42. The summed E-state index contributed by atoms with van der Waals surface area (Å²) in [5.74, 6) is -3.07. The zero-order chi connectivity index (χ0) is 12.1. The van der Waals surface area contributed by atoms with Gasteiger partial charge in [0.2, 0.25) is 5.82 Å². The highest BCUT2D eigenvalue weighted by Crippen LogP contribution is 2.26. The van der Waals surface area contributed by atoms with Gasteiger partial charge in [-0.2, -0.15) is 4.39 Å². The van der Waals surface area contributed by atoms with Crippen LogP contribution in [0.3, 0.4) is 0 Å². The quantitative estimate of drug-likeness (QED) is 0.844. The van der Waals surface area contributed by atoms with Gasteiger partial charge in [0.25, 0.3) is 0 Å². The second-order valence-electron chi connectivity index (χ2n) is 3.30. The number of methoxy groups -OCH3 is 1. The van der Waals surface area contributed by atoms with Crippen LogP contribution in [0.1, 0.15) is 18.4 Å². The fourth-order valence-corrected chi connectivity index (χ4v) is 1.42. The number of aliphatic carboxylic acids is 1. The van der Waals surface area contributed by atoms with Crippen LogP contribution in [0.5, 0.6) is 5.75 Å². The maximum absolute atomic E-state index is 13.2. The predicted molar refractivity (Wildman–Crippen MR) is 53.5 cm³/mol.